The summed E-state index contributed by atoms with van der Waals surface area (Å²) < 4.78 is 10.4. The van der Waals surface area contributed by atoms with Gasteiger partial charge >= 0.3 is 12.1 Å². The summed E-state index contributed by atoms with van der Waals surface area (Å²) in [6, 6.07) is 7.83. The van der Waals surface area contributed by atoms with Crippen LogP contribution in [-0.4, -0.2) is 48.8 Å². The van der Waals surface area contributed by atoms with Gasteiger partial charge in [0.05, 0.1) is 13.5 Å². The summed E-state index contributed by atoms with van der Waals surface area (Å²) in [6.45, 7) is 5.14. The molecule has 0 aliphatic rings. The van der Waals surface area contributed by atoms with Crippen LogP contribution in [0.3, 0.4) is 0 Å². The number of hydrogen-bond donors (Lipinski definition) is 1. The van der Waals surface area contributed by atoms with Crippen LogP contribution in [0.1, 0.15) is 32.8 Å². The van der Waals surface area contributed by atoms with Gasteiger partial charge in [-0.2, -0.15) is 5.06 Å². The number of esters is 1. The number of amides is 2. The third kappa shape index (κ3) is 7.10. The summed E-state index contributed by atoms with van der Waals surface area (Å²) >= 11 is 0. The van der Waals surface area contributed by atoms with E-state index < -0.39 is 29.6 Å². The molecular formula is C18H26N2O6. The lowest BCUT2D eigenvalue weighted by Crippen LogP contribution is -2.50. The van der Waals surface area contributed by atoms with Gasteiger partial charge in [0.25, 0.3) is 0 Å². The Morgan fingerprint density at radius 2 is 1.77 bits per heavy atom. The highest BCUT2D eigenvalue weighted by Gasteiger charge is 2.34. The number of carbonyl (C=O) groups excluding carboxylic acids is 3. The molecule has 1 aromatic carbocycles. The summed E-state index contributed by atoms with van der Waals surface area (Å²) in [6.07, 6.45) is -1.25. The van der Waals surface area contributed by atoms with Gasteiger partial charge in [-0.1, -0.05) is 30.3 Å². The summed E-state index contributed by atoms with van der Waals surface area (Å²) in [4.78, 5) is 41.5. The predicted molar refractivity (Wildman–Crippen MR) is 93.8 cm³/mol. The van der Waals surface area contributed by atoms with E-state index in [1.165, 1.54) is 14.2 Å². The molecule has 8 heteroatoms. The fourth-order valence-corrected chi connectivity index (χ4v) is 2.10. The quantitative estimate of drug-likeness (QED) is 0.586. The lowest BCUT2D eigenvalue weighted by Gasteiger charge is -2.28. The summed E-state index contributed by atoms with van der Waals surface area (Å²) in [5.41, 5.74) is 0.0660. The van der Waals surface area contributed by atoms with Crippen LogP contribution in [0.25, 0.3) is 0 Å². The van der Waals surface area contributed by atoms with Gasteiger partial charge in [-0.3, -0.25) is 14.4 Å². The van der Waals surface area contributed by atoms with Gasteiger partial charge in [0, 0.05) is 7.05 Å². The van der Waals surface area contributed by atoms with Crippen LogP contribution in [0.2, 0.25) is 0 Å². The minimum atomic E-state index is -1.22. The van der Waals surface area contributed by atoms with Crippen molar-refractivity contribution < 1.29 is 28.7 Å². The van der Waals surface area contributed by atoms with Gasteiger partial charge in [0.15, 0.2) is 6.04 Å². The molecule has 0 saturated carbocycles. The number of hydrogen-bond acceptors (Lipinski definition) is 6. The largest absolute Gasteiger partial charge is 0.460 e. The van der Waals surface area contributed by atoms with Crippen molar-refractivity contribution >= 4 is 18.0 Å². The third-order valence-corrected chi connectivity index (χ3v) is 3.19. The summed E-state index contributed by atoms with van der Waals surface area (Å²) in [7, 11) is 2.61. The predicted octanol–water partition coefficient (Wildman–Crippen LogP) is 2.03. The molecule has 144 valence electrons. The molecule has 0 unspecified atom stereocenters. The Bertz CT molecular complexity index is 612. The first-order chi connectivity index (χ1) is 12.2. The molecule has 0 saturated heterocycles. The van der Waals surface area contributed by atoms with Crippen molar-refractivity contribution in [1.82, 2.24) is 10.4 Å². The molecule has 8 nitrogen and oxygen atoms in total. The number of nitrogens with zero attached hydrogens (tertiary/aromatic N) is 1. The van der Waals surface area contributed by atoms with Crippen molar-refractivity contribution in [3.63, 3.8) is 0 Å². The van der Waals surface area contributed by atoms with E-state index >= 15 is 0 Å². The van der Waals surface area contributed by atoms with Crippen molar-refractivity contribution in [2.24, 2.45) is 0 Å². The van der Waals surface area contributed by atoms with E-state index in [1.54, 1.807) is 32.9 Å². The Morgan fingerprint density at radius 1 is 1.15 bits per heavy atom. The SMILES string of the molecule is CNC(=O)[C@H](CC(=O)OC(C)(C)C)N(OC)C(=O)OCc1ccccc1. The highest BCUT2D eigenvalue weighted by Crippen LogP contribution is 2.14. The molecule has 1 rings (SSSR count). The Hall–Kier alpha value is -2.61. The Labute approximate surface area is 153 Å². The van der Waals surface area contributed by atoms with Gasteiger partial charge < -0.3 is 14.8 Å². The van der Waals surface area contributed by atoms with Gasteiger partial charge in [-0.25, -0.2) is 4.79 Å². The number of nitrogens with one attached hydrogen (secondary N) is 1. The van der Waals surface area contributed by atoms with Gasteiger partial charge in [0.2, 0.25) is 5.91 Å². The zero-order valence-corrected chi connectivity index (χ0v) is 15.8. The number of rotatable bonds is 7. The molecule has 0 heterocycles. The zero-order chi connectivity index (χ0) is 19.7. The van der Waals surface area contributed by atoms with Crippen LogP contribution < -0.4 is 5.32 Å². The van der Waals surface area contributed by atoms with Gasteiger partial charge in [-0.15, -0.1) is 0 Å². The molecule has 0 aliphatic heterocycles. The maximum atomic E-state index is 12.3. The lowest BCUT2D eigenvalue weighted by molar-refractivity contribution is -0.172. The Morgan fingerprint density at radius 3 is 2.27 bits per heavy atom. The fourth-order valence-electron chi connectivity index (χ4n) is 2.10. The van der Waals surface area contributed by atoms with Crippen LogP contribution >= 0.6 is 0 Å². The first kappa shape index (κ1) is 21.4. The van der Waals surface area contributed by atoms with E-state index in [4.69, 9.17) is 14.3 Å². The second-order valence-corrected chi connectivity index (χ2v) is 6.47. The van der Waals surface area contributed by atoms with Gasteiger partial charge in [-0.05, 0) is 26.3 Å². The molecule has 1 aromatic rings. The lowest BCUT2D eigenvalue weighted by atomic mass is 10.1. The van der Waals surface area contributed by atoms with E-state index in [2.05, 4.69) is 5.32 Å². The Balaban J connectivity index is 2.82. The molecule has 26 heavy (non-hydrogen) atoms. The molecule has 0 spiro atoms. The normalized spacial score (nSPS) is 12.0. The summed E-state index contributed by atoms with van der Waals surface area (Å²) in [5, 5.41) is 3.13. The number of benzene rings is 1. The van der Waals surface area contributed by atoms with E-state index in [1.807, 2.05) is 18.2 Å². The number of likely N-dealkylation sites (N-methyl/N-ethyl adjacent to an activating group) is 1. The molecule has 0 fully saturated rings. The minimum Gasteiger partial charge on any atom is -0.460 e. The van der Waals surface area contributed by atoms with Crippen molar-refractivity contribution in [2.75, 3.05) is 14.2 Å². The van der Waals surface area contributed by atoms with Crippen LogP contribution in [0, 0.1) is 0 Å². The average Bonchev–Trinajstić information content (AvgIpc) is 2.58. The molecule has 1 atom stereocenters. The first-order valence-electron chi connectivity index (χ1n) is 8.15. The zero-order valence-electron chi connectivity index (χ0n) is 15.8. The monoisotopic (exact) mass is 366 g/mol. The maximum Gasteiger partial charge on any atom is 0.435 e. The molecule has 2 amide bonds. The third-order valence-electron chi connectivity index (χ3n) is 3.19. The van der Waals surface area contributed by atoms with Crippen molar-refractivity contribution in [3.8, 4) is 0 Å². The molecule has 1 N–H and O–H groups in total. The minimum absolute atomic E-state index is 0.00638. The Kier molecular flexibility index (Phi) is 8.05. The molecular weight excluding hydrogens is 340 g/mol. The number of hydroxylamine groups is 2. The second-order valence-electron chi connectivity index (χ2n) is 6.47. The molecule has 0 bridgehead atoms. The van der Waals surface area contributed by atoms with Crippen LogP contribution in [0.5, 0.6) is 0 Å². The standard InChI is InChI=1S/C18H26N2O6/c1-18(2,3)26-15(21)11-14(16(22)19-4)20(24-5)17(23)25-12-13-9-7-6-8-10-13/h6-10,14H,11-12H2,1-5H3,(H,19,22)/t14-/m0/s1. The van der Waals surface area contributed by atoms with Crippen molar-refractivity contribution in [2.45, 2.75) is 45.4 Å². The highest BCUT2D eigenvalue weighted by molar-refractivity contribution is 5.89. The van der Waals surface area contributed by atoms with Crippen molar-refractivity contribution in [3.05, 3.63) is 35.9 Å². The van der Waals surface area contributed by atoms with E-state index in [0.717, 1.165) is 10.6 Å². The second kappa shape index (κ2) is 9.76. The first-order valence-corrected chi connectivity index (χ1v) is 8.15. The molecule has 0 aliphatic carbocycles. The van der Waals surface area contributed by atoms with Crippen LogP contribution in [0.15, 0.2) is 30.3 Å². The summed E-state index contributed by atoms with van der Waals surface area (Å²) in [5.74, 6) is -1.21. The van der Waals surface area contributed by atoms with E-state index in [9.17, 15) is 14.4 Å². The van der Waals surface area contributed by atoms with Crippen molar-refractivity contribution in [1.29, 1.82) is 0 Å². The molecule has 0 radical (unpaired) electrons. The number of ether oxygens (including phenoxy) is 2. The smallest absolute Gasteiger partial charge is 0.435 e. The van der Waals surface area contributed by atoms with E-state index in [0.29, 0.717) is 0 Å². The highest BCUT2D eigenvalue weighted by atomic mass is 16.7. The molecule has 0 aromatic heterocycles. The number of carbonyl (C=O) groups is 3. The average molecular weight is 366 g/mol. The van der Waals surface area contributed by atoms with Crippen LogP contribution in [-0.2, 0) is 30.5 Å². The fraction of sp³-hybridized carbons (Fsp3) is 0.500. The van der Waals surface area contributed by atoms with Gasteiger partial charge in [0.1, 0.15) is 12.2 Å². The van der Waals surface area contributed by atoms with Crippen LogP contribution in [0.4, 0.5) is 4.79 Å². The van der Waals surface area contributed by atoms with E-state index in [-0.39, 0.29) is 13.0 Å². The maximum absolute atomic E-state index is 12.3. The topological polar surface area (TPSA) is 94.2 Å².